The summed E-state index contributed by atoms with van der Waals surface area (Å²) in [4.78, 5) is 12.2. The van der Waals surface area contributed by atoms with Gasteiger partial charge in [-0.15, -0.1) is 0 Å². The number of hydrogen-bond acceptors (Lipinski definition) is 5. The number of sulfonamides is 1. The topological polar surface area (TPSA) is 75.7 Å². The zero-order valence-corrected chi connectivity index (χ0v) is 17.4. The summed E-state index contributed by atoms with van der Waals surface area (Å²) in [6.45, 7) is 0.247. The molecule has 9 heteroatoms. The minimum absolute atomic E-state index is 0.282. The van der Waals surface area contributed by atoms with Crippen molar-refractivity contribution in [1.29, 1.82) is 0 Å². The van der Waals surface area contributed by atoms with Crippen LogP contribution in [0, 0.1) is 0 Å². The summed E-state index contributed by atoms with van der Waals surface area (Å²) in [7, 11) is -2.15. The van der Waals surface area contributed by atoms with Gasteiger partial charge in [-0.3, -0.25) is 9.10 Å². The van der Waals surface area contributed by atoms with Crippen LogP contribution in [0.1, 0.15) is 25.7 Å². The largest absolute Gasteiger partial charge is 0.495 e. The Kier molecular flexibility index (Phi) is 7.91. The fourth-order valence-corrected chi connectivity index (χ4v) is 5.19. The second kappa shape index (κ2) is 9.71. The highest BCUT2D eigenvalue weighted by Gasteiger charge is 2.22. The quantitative estimate of drug-likeness (QED) is 0.621. The molecular formula is C17H25ClN2O4S2. The Labute approximate surface area is 164 Å². The molecule has 1 fully saturated rings. The molecule has 0 radical (unpaired) electrons. The van der Waals surface area contributed by atoms with E-state index in [1.54, 1.807) is 12.1 Å². The maximum atomic E-state index is 12.2. The zero-order valence-electron chi connectivity index (χ0n) is 15.0. The first-order valence-electron chi connectivity index (χ1n) is 8.51. The highest BCUT2D eigenvalue weighted by Crippen LogP contribution is 2.30. The molecule has 146 valence electrons. The molecule has 1 aromatic rings. The molecule has 0 saturated heterocycles. The molecule has 0 unspecified atom stereocenters. The Balaban J connectivity index is 1.92. The van der Waals surface area contributed by atoms with Crippen molar-refractivity contribution in [2.45, 2.75) is 30.9 Å². The van der Waals surface area contributed by atoms with E-state index >= 15 is 0 Å². The second-order valence-electron chi connectivity index (χ2n) is 6.22. The number of thioether (sulfide) groups is 1. The zero-order chi connectivity index (χ0) is 19.2. The number of nitrogens with one attached hydrogen (secondary N) is 1. The van der Waals surface area contributed by atoms with Gasteiger partial charge in [0.15, 0.2) is 0 Å². The number of methoxy groups -OCH3 is 1. The van der Waals surface area contributed by atoms with Crippen LogP contribution in [0.3, 0.4) is 0 Å². The highest BCUT2D eigenvalue weighted by atomic mass is 35.5. The second-order valence-corrected chi connectivity index (χ2v) is 9.94. The van der Waals surface area contributed by atoms with Gasteiger partial charge in [0.05, 0.1) is 24.1 Å². The van der Waals surface area contributed by atoms with Crippen molar-refractivity contribution in [2.24, 2.45) is 0 Å². The average molecular weight is 421 g/mol. The van der Waals surface area contributed by atoms with E-state index in [9.17, 15) is 13.2 Å². The number of nitrogens with zero attached hydrogens (tertiary/aromatic N) is 1. The molecule has 0 bridgehead atoms. The van der Waals surface area contributed by atoms with Crippen LogP contribution < -0.4 is 14.4 Å². The van der Waals surface area contributed by atoms with Crippen LogP contribution in [0.25, 0.3) is 0 Å². The third-order valence-electron chi connectivity index (χ3n) is 4.19. The average Bonchev–Trinajstić information content (AvgIpc) is 3.09. The predicted octanol–water partition coefficient (Wildman–Crippen LogP) is 2.91. The number of anilines is 1. The van der Waals surface area contributed by atoms with E-state index in [1.165, 1.54) is 38.9 Å². The van der Waals surface area contributed by atoms with E-state index in [4.69, 9.17) is 16.3 Å². The summed E-state index contributed by atoms with van der Waals surface area (Å²) < 4.78 is 30.3. The van der Waals surface area contributed by atoms with E-state index in [2.05, 4.69) is 5.32 Å². The molecule has 1 aliphatic rings. The maximum absolute atomic E-state index is 12.2. The molecular weight excluding hydrogens is 396 g/mol. The van der Waals surface area contributed by atoms with Gasteiger partial charge in [0.2, 0.25) is 15.9 Å². The van der Waals surface area contributed by atoms with Crippen LogP contribution in [-0.4, -0.2) is 51.8 Å². The number of carbonyl (C=O) groups is 1. The Morgan fingerprint density at radius 3 is 2.65 bits per heavy atom. The van der Waals surface area contributed by atoms with Gasteiger partial charge in [-0.05, 0) is 31.0 Å². The van der Waals surface area contributed by atoms with Crippen molar-refractivity contribution in [3.63, 3.8) is 0 Å². The summed E-state index contributed by atoms with van der Waals surface area (Å²) in [5.74, 6) is 0.940. The van der Waals surface area contributed by atoms with Crippen LogP contribution in [0.15, 0.2) is 18.2 Å². The van der Waals surface area contributed by atoms with Gasteiger partial charge < -0.3 is 10.1 Å². The van der Waals surface area contributed by atoms with Crippen molar-refractivity contribution in [3.8, 4) is 5.75 Å². The number of hydrogen-bond donors (Lipinski definition) is 1. The van der Waals surface area contributed by atoms with Gasteiger partial charge >= 0.3 is 0 Å². The molecule has 2 rings (SSSR count). The van der Waals surface area contributed by atoms with Crippen LogP contribution >= 0.6 is 23.4 Å². The molecule has 26 heavy (non-hydrogen) atoms. The van der Waals surface area contributed by atoms with Crippen LogP contribution in [0.5, 0.6) is 5.75 Å². The number of rotatable bonds is 9. The Morgan fingerprint density at radius 2 is 2.08 bits per heavy atom. The van der Waals surface area contributed by atoms with Gasteiger partial charge in [-0.25, -0.2) is 8.42 Å². The number of halogens is 1. The molecule has 0 spiro atoms. The lowest BCUT2D eigenvalue weighted by Gasteiger charge is -2.22. The third kappa shape index (κ3) is 6.25. The maximum Gasteiger partial charge on any atom is 0.240 e. The lowest BCUT2D eigenvalue weighted by Crippen LogP contribution is -2.41. The summed E-state index contributed by atoms with van der Waals surface area (Å²) in [6.07, 6.45) is 6.14. The van der Waals surface area contributed by atoms with E-state index in [-0.39, 0.29) is 17.5 Å². The minimum Gasteiger partial charge on any atom is -0.495 e. The molecule has 1 saturated carbocycles. The number of benzene rings is 1. The number of amides is 1. The van der Waals surface area contributed by atoms with E-state index in [1.807, 2.05) is 11.8 Å². The number of carbonyl (C=O) groups excluding carboxylic acids is 1. The third-order valence-corrected chi connectivity index (χ3v) is 7.01. The summed E-state index contributed by atoms with van der Waals surface area (Å²) in [5, 5.41) is 3.77. The SMILES string of the molecule is COc1ccc(N(CC(=O)NCCSC2CCCC2)S(C)(=O)=O)cc1Cl. The number of ether oxygens (including phenoxy) is 1. The minimum atomic E-state index is -3.63. The molecule has 6 nitrogen and oxygen atoms in total. The van der Waals surface area contributed by atoms with Crippen LogP contribution in [0.2, 0.25) is 5.02 Å². The van der Waals surface area contributed by atoms with Gasteiger partial charge in [-0.2, -0.15) is 11.8 Å². The smallest absolute Gasteiger partial charge is 0.240 e. The van der Waals surface area contributed by atoms with Crippen molar-refractivity contribution in [1.82, 2.24) is 5.32 Å². The van der Waals surface area contributed by atoms with Crippen LogP contribution in [0.4, 0.5) is 5.69 Å². The lowest BCUT2D eigenvalue weighted by molar-refractivity contribution is -0.119. The van der Waals surface area contributed by atoms with E-state index in [0.29, 0.717) is 23.2 Å². The van der Waals surface area contributed by atoms with E-state index in [0.717, 1.165) is 16.3 Å². The van der Waals surface area contributed by atoms with Crippen molar-refractivity contribution < 1.29 is 17.9 Å². The summed E-state index contributed by atoms with van der Waals surface area (Å²) >= 11 is 7.95. The van der Waals surface area contributed by atoms with Gasteiger partial charge in [0.25, 0.3) is 0 Å². The summed E-state index contributed by atoms with van der Waals surface area (Å²) in [6, 6.07) is 4.62. The fourth-order valence-electron chi connectivity index (χ4n) is 2.87. The molecule has 1 amide bonds. The molecule has 1 aliphatic carbocycles. The predicted molar refractivity (Wildman–Crippen MR) is 108 cm³/mol. The van der Waals surface area contributed by atoms with Gasteiger partial charge in [-0.1, -0.05) is 24.4 Å². The lowest BCUT2D eigenvalue weighted by atomic mass is 10.3. The van der Waals surface area contributed by atoms with Gasteiger partial charge in [0.1, 0.15) is 12.3 Å². The Morgan fingerprint density at radius 1 is 1.38 bits per heavy atom. The first-order valence-corrected chi connectivity index (χ1v) is 11.8. The van der Waals surface area contributed by atoms with Gasteiger partial charge in [0, 0.05) is 17.5 Å². The first-order chi connectivity index (χ1) is 12.3. The molecule has 1 aromatic carbocycles. The van der Waals surface area contributed by atoms with Crippen molar-refractivity contribution in [2.75, 3.05) is 36.5 Å². The monoisotopic (exact) mass is 420 g/mol. The van der Waals surface area contributed by atoms with Crippen molar-refractivity contribution in [3.05, 3.63) is 23.2 Å². The highest BCUT2D eigenvalue weighted by molar-refractivity contribution is 7.99. The first kappa shape index (κ1) is 21.2. The molecule has 0 heterocycles. The summed E-state index contributed by atoms with van der Waals surface area (Å²) in [5.41, 5.74) is 0.328. The fraction of sp³-hybridized carbons (Fsp3) is 0.588. The molecule has 0 aromatic heterocycles. The molecule has 1 N–H and O–H groups in total. The van der Waals surface area contributed by atoms with Crippen LogP contribution in [-0.2, 0) is 14.8 Å². The Bertz CT molecular complexity index is 721. The molecule has 0 atom stereocenters. The van der Waals surface area contributed by atoms with E-state index < -0.39 is 10.0 Å². The Hall–Kier alpha value is -1.12. The standard InChI is InChI=1S/C17H25ClN2O4S2/c1-24-16-8-7-13(11-15(16)18)20(26(2,22)23)12-17(21)19-9-10-25-14-5-3-4-6-14/h7-8,11,14H,3-6,9-10,12H2,1-2H3,(H,19,21). The molecule has 0 aliphatic heterocycles. The normalized spacial score (nSPS) is 15.0. The van der Waals surface area contributed by atoms with Crippen molar-refractivity contribution >= 4 is 45.0 Å².